The summed E-state index contributed by atoms with van der Waals surface area (Å²) in [5.74, 6) is -0.188. The molecular formula is C27H29FN2O2. The fourth-order valence-corrected chi connectivity index (χ4v) is 3.44. The average Bonchev–Trinajstić information content (AvgIpc) is 2.77. The van der Waals surface area contributed by atoms with Crippen LogP contribution in [0, 0.1) is 11.7 Å². The minimum Gasteiger partial charge on any atom is -0.352 e. The molecule has 0 aliphatic rings. The quantitative estimate of drug-likeness (QED) is 0.501. The second-order valence-corrected chi connectivity index (χ2v) is 8.31. The number of nitrogens with zero attached hydrogens (tertiary/aromatic N) is 1. The topological polar surface area (TPSA) is 49.4 Å². The summed E-state index contributed by atoms with van der Waals surface area (Å²) in [6.45, 7) is 4.77. The van der Waals surface area contributed by atoms with Crippen LogP contribution < -0.4 is 10.2 Å². The summed E-state index contributed by atoms with van der Waals surface area (Å²) >= 11 is 0. The standard InChI is InChI=1S/C27H29FN2O2/c1-20(2)15-27(32)30(19-23-9-6-10-24(28)16-23)25-13-11-21(12-14-25)17-26(31)29-18-22-7-4-3-5-8-22/h3-14,16,20H,15,17-19H2,1-2H3,(H,29,31). The minimum atomic E-state index is -0.323. The maximum absolute atomic E-state index is 13.6. The van der Waals surface area contributed by atoms with Crippen molar-refractivity contribution < 1.29 is 14.0 Å². The molecule has 3 rings (SSSR count). The zero-order valence-electron chi connectivity index (χ0n) is 18.6. The van der Waals surface area contributed by atoms with Gasteiger partial charge in [0, 0.05) is 18.7 Å². The van der Waals surface area contributed by atoms with E-state index in [4.69, 9.17) is 0 Å². The Morgan fingerprint density at radius 3 is 2.22 bits per heavy atom. The van der Waals surface area contributed by atoms with Crippen LogP contribution in [-0.4, -0.2) is 11.8 Å². The summed E-state index contributed by atoms with van der Waals surface area (Å²) in [5.41, 5.74) is 3.37. The van der Waals surface area contributed by atoms with Gasteiger partial charge in [-0.3, -0.25) is 9.59 Å². The summed E-state index contributed by atoms with van der Waals surface area (Å²) < 4.78 is 13.6. The molecule has 166 valence electrons. The van der Waals surface area contributed by atoms with Crippen LogP contribution in [0.25, 0.3) is 0 Å². The van der Waals surface area contributed by atoms with Gasteiger partial charge >= 0.3 is 0 Å². The normalized spacial score (nSPS) is 10.8. The molecule has 0 unspecified atom stereocenters. The molecule has 0 fully saturated rings. The van der Waals surface area contributed by atoms with Gasteiger partial charge in [-0.1, -0.05) is 68.4 Å². The largest absolute Gasteiger partial charge is 0.352 e. The molecule has 0 bridgehead atoms. The first-order valence-electron chi connectivity index (χ1n) is 10.8. The Bertz CT molecular complexity index is 1030. The summed E-state index contributed by atoms with van der Waals surface area (Å²) in [6.07, 6.45) is 0.663. The van der Waals surface area contributed by atoms with Crippen LogP contribution in [0.4, 0.5) is 10.1 Å². The van der Waals surface area contributed by atoms with Gasteiger partial charge in [-0.2, -0.15) is 0 Å². The number of carbonyl (C=O) groups excluding carboxylic acids is 2. The highest BCUT2D eigenvalue weighted by Crippen LogP contribution is 2.21. The second kappa shape index (κ2) is 11.2. The number of hydrogen-bond donors (Lipinski definition) is 1. The molecule has 0 heterocycles. The molecule has 0 radical (unpaired) electrons. The van der Waals surface area contributed by atoms with Crippen molar-refractivity contribution >= 4 is 17.5 Å². The van der Waals surface area contributed by atoms with Gasteiger partial charge in [0.1, 0.15) is 5.82 Å². The molecule has 0 aliphatic carbocycles. The predicted octanol–water partition coefficient (Wildman–Crippen LogP) is 5.26. The molecular weight excluding hydrogens is 403 g/mol. The lowest BCUT2D eigenvalue weighted by molar-refractivity contribution is -0.121. The molecule has 2 amide bonds. The molecule has 1 N–H and O–H groups in total. The number of halogens is 1. The van der Waals surface area contributed by atoms with E-state index in [9.17, 15) is 14.0 Å². The number of anilines is 1. The smallest absolute Gasteiger partial charge is 0.227 e. The van der Waals surface area contributed by atoms with E-state index in [1.807, 2.05) is 74.5 Å². The van der Waals surface area contributed by atoms with Crippen molar-refractivity contribution in [3.8, 4) is 0 Å². The van der Waals surface area contributed by atoms with E-state index < -0.39 is 0 Å². The fourth-order valence-electron chi connectivity index (χ4n) is 3.44. The summed E-state index contributed by atoms with van der Waals surface area (Å²) in [4.78, 5) is 26.9. The van der Waals surface area contributed by atoms with Crippen LogP contribution in [0.5, 0.6) is 0 Å². The van der Waals surface area contributed by atoms with Gasteiger partial charge in [0.25, 0.3) is 0 Å². The average molecular weight is 433 g/mol. The Morgan fingerprint density at radius 2 is 1.56 bits per heavy atom. The summed E-state index contributed by atoms with van der Waals surface area (Å²) in [5, 5.41) is 2.92. The number of carbonyl (C=O) groups is 2. The minimum absolute atomic E-state index is 0.0161. The van der Waals surface area contributed by atoms with Crippen LogP contribution >= 0.6 is 0 Å². The third kappa shape index (κ3) is 7.05. The predicted molar refractivity (Wildman–Crippen MR) is 125 cm³/mol. The van der Waals surface area contributed by atoms with E-state index in [1.54, 1.807) is 11.0 Å². The lowest BCUT2D eigenvalue weighted by Crippen LogP contribution is -2.31. The van der Waals surface area contributed by atoms with Crippen LogP contribution in [0.15, 0.2) is 78.9 Å². The SMILES string of the molecule is CC(C)CC(=O)N(Cc1cccc(F)c1)c1ccc(CC(=O)NCc2ccccc2)cc1. The number of rotatable bonds is 9. The highest BCUT2D eigenvalue weighted by molar-refractivity contribution is 5.93. The molecule has 0 aromatic heterocycles. The van der Waals surface area contributed by atoms with Gasteiger partial charge in [0.05, 0.1) is 13.0 Å². The van der Waals surface area contributed by atoms with Crippen LogP contribution in [0.3, 0.4) is 0 Å². The Balaban J connectivity index is 1.67. The van der Waals surface area contributed by atoms with E-state index in [2.05, 4.69) is 5.32 Å². The second-order valence-electron chi connectivity index (χ2n) is 8.31. The fraction of sp³-hybridized carbons (Fsp3) is 0.259. The van der Waals surface area contributed by atoms with Crippen molar-refractivity contribution in [2.24, 2.45) is 5.92 Å². The van der Waals surface area contributed by atoms with E-state index in [1.165, 1.54) is 12.1 Å². The van der Waals surface area contributed by atoms with E-state index in [0.717, 1.165) is 22.4 Å². The van der Waals surface area contributed by atoms with Gasteiger partial charge in [0.2, 0.25) is 11.8 Å². The number of benzene rings is 3. The maximum atomic E-state index is 13.6. The van der Waals surface area contributed by atoms with E-state index in [0.29, 0.717) is 19.5 Å². The molecule has 3 aromatic carbocycles. The Kier molecular flexibility index (Phi) is 8.14. The lowest BCUT2D eigenvalue weighted by Gasteiger charge is -2.24. The zero-order valence-corrected chi connectivity index (χ0v) is 18.6. The molecule has 0 atom stereocenters. The van der Waals surface area contributed by atoms with Gasteiger partial charge in [-0.05, 0) is 46.9 Å². The Morgan fingerprint density at radius 1 is 0.875 bits per heavy atom. The molecule has 0 saturated heterocycles. The first-order chi connectivity index (χ1) is 15.4. The Labute approximate surface area is 189 Å². The van der Waals surface area contributed by atoms with Gasteiger partial charge < -0.3 is 10.2 Å². The van der Waals surface area contributed by atoms with Gasteiger partial charge in [-0.15, -0.1) is 0 Å². The molecule has 3 aromatic rings. The van der Waals surface area contributed by atoms with Crippen LogP contribution in [0.2, 0.25) is 0 Å². The van der Waals surface area contributed by atoms with Crippen molar-refractivity contribution in [1.29, 1.82) is 0 Å². The monoisotopic (exact) mass is 432 g/mol. The van der Waals surface area contributed by atoms with Crippen molar-refractivity contribution in [1.82, 2.24) is 5.32 Å². The summed E-state index contributed by atoms with van der Waals surface area (Å²) in [6, 6.07) is 23.5. The number of hydrogen-bond acceptors (Lipinski definition) is 2. The van der Waals surface area contributed by atoms with Crippen LogP contribution in [-0.2, 0) is 29.1 Å². The molecule has 5 heteroatoms. The zero-order chi connectivity index (χ0) is 22.9. The maximum Gasteiger partial charge on any atom is 0.227 e. The van der Waals surface area contributed by atoms with E-state index >= 15 is 0 Å². The first-order valence-corrected chi connectivity index (χ1v) is 10.8. The van der Waals surface area contributed by atoms with Crippen molar-refractivity contribution in [3.63, 3.8) is 0 Å². The number of nitrogens with one attached hydrogen (secondary N) is 1. The third-order valence-corrected chi connectivity index (χ3v) is 5.06. The number of amides is 2. The lowest BCUT2D eigenvalue weighted by atomic mass is 10.1. The third-order valence-electron chi connectivity index (χ3n) is 5.06. The van der Waals surface area contributed by atoms with Crippen molar-refractivity contribution in [2.45, 2.75) is 39.8 Å². The van der Waals surface area contributed by atoms with Gasteiger partial charge in [0.15, 0.2) is 0 Å². The Hall–Kier alpha value is -3.47. The van der Waals surface area contributed by atoms with Crippen molar-refractivity contribution in [3.05, 3.63) is 101 Å². The molecule has 0 spiro atoms. The van der Waals surface area contributed by atoms with Crippen LogP contribution in [0.1, 0.15) is 37.0 Å². The van der Waals surface area contributed by atoms with Crippen molar-refractivity contribution in [2.75, 3.05) is 4.90 Å². The first kappa shape index (κ1) is 23.2. The molecule has 4 nitrogen and oxygen atoms in total. The highest BCUT2D eigenvalue weighted by atomic mass is 19.1. The summed E-state index contributed by atoms with van der Waals surface area (Å²) in [7, 11) is 0. The van der Waals surface area contributed by atoms with E-state index in [-0.39, 0.29) is 30.0 Å². The highest BCUT2D eigenvalue weighted by Gasteiger charge is 2.18. The molecule has 32 heavy (non-hydrogen) atoms. The van der Waals surface area contributed by atoms with Gasteiger partial charge in [-0.25, -0.2) is 4.39 Å². The molecule has 0 saturated carbocycles. The molecule has 0 aliphatic heterocycles.